The number of alkyl halides is 3. The summed E-state index contributed by atoms with van der Waals surface area (Å²) in [6.07, 6.45) is -4.43. The summed E-state index contributed by atoms with van der Waals surface area (Å²) < 4.78 is 47.3. The van der Waals surface area contributed by atoms with Crippen LogP contribution in [0, 0.1) is 0 Å². The number of hydrogen-bond acceptors (Lipinski definition) is 2. The molecule has 0 amide bonds. The molecule has 0 spiro atoms. The maximum Gasteiger partial charge on any atom is 0.420 e. The summed E-state index contributed by atoms with van der Waals surface area (Å²) in [5, 5.41) is 0. The van der Waals surface area contributed by atoms with Gasteiger partial charge in [-0.25, -0.2) is 0 Å². The number of rotatable bonds is 0. The van der Waals surface area contributed by atoms with Gasteiger partial charge < -0.3 is 9.47 Å². The molecule has 0 N–H and O–H groups in total. The van der Waals surface area contributed by atoms with Gasteiger partial charge in [0.1, 0.15) is 5.56 Å². The first kappa shape index (κ1) is 9.64. The van der Waals surface area contributed by atoms with Crippen molar-refractivity contribution in [2.24, 2.45) is 0 Å². The average molecular weight is 269 g/mol. The highest BCUT2D eigenvalue weighted by Gasteiger charge is 2.38. The normalized spacial score (nSPS) is 14.6. The first-order valence-electron chi connectivity index (χ1n) is 3.65. The quantitative estimate of drug-likeness (QED) is 0.720. The molecule has 0 aromatic heterocycles. The second kappa shape index (κ2) is 3.05. The highest BCUT2D eigenvalue weighted by Crippen LogP contribution is 2.45. The van der Waals surface area contributed by atoms with Crippen molar-refractivity contribution in [1.29, 1.82) is 0 Å². The van der Waals surface area contributed by atoms with Crippen molar-refractivity contribution in [3.63, 3.8) is 0 Å². The third kappa shape index (κ3) is 1.54. The number of benzene rings is 1. The SMILES string of the molecule is FC(F)(F)c1cc(Br)cc2c1OCO2. The Morgan fingerprint density at radius 3 is 2.57 bits per heavy atom. The topological polar surface area (TPSA) is 18.5 Å². The predicted molar refractivity (Wildman–Crippen MR) is 45.3 cm³/mol. The van der Waals surface area contributed by atoms with Gasteiger partial charge in [0, 0.05) is 4.47 Å². The molecular formula is C8H4BrF3O2. The van der Waals surface area contributed by atoms with Gasteiger partial charge >= 0.3 is 6.18 Å². The van der Waals surface area contributed by atoms with E-state index in [0.29, 0.717) is 4.47 Å². The van der Waals surface area contributed by atoms with Gasteiger partial charge in [0.15, 0.2) is 11.5 Å². The first-order valence-corrected chi connectivity index (χ1v) is 4.44. The van der Waals surface area contributed by atoms with Crippen LogP contribution in [0.3, 0.4) is 0 Å². The molecule has 76 valence electrons. The number of hydrogen-bond donors (Lipinski definition) is 0. The summed E-state index contributed by atoms with van der Waals surface area (Å²) in [5.74, 6) is -0.118. The van der Waals surface area contributed by atoms with Gasteiger partial charge in [-0.2, -0.15) is 13.2 Å². The Morgan fingerprint density at radius 1 is 1.21 bits per heavy atom. The van der Waals surface area contributed by atoms with E-state index in [9.17, 15) is 13.2 Å². The number of halogens is 4. The number of fused-ring (bicyclic) bond motifs is 1. The lowest BCUT2D eigenvalue weighted by Gasteiger charge is -2.09. The van der Waals surface area contributed by atoms with Crippen LogP contribution in [0.15, 0.2) is 16.6 Å². The summed E-state index contributed by atoms with van der Waals surface area (Å²) in [6.45, 7) is -0.172. The monoisotopic (exact) mass is 268 g/mol. The van der Waals surface area contributed by atoms with Crippen LogP contribution in [0.25, 0.3) is 0 Å². The van der Waals surface area contributed by atoms with Crippen LogP contribution in [-0.4, -0.2) is 6.79 Å². The zero-order valence-corrected chi connectivity index (χ0v) is 8.28. The van der Waals surface area contributed by atoms with Gasteiger partial charge in [-0.15, -0.1) is 0 Å². The lowest BCUT2D eigenvalue weighted by molar-refractivity contribution is -0.138. The zero-order chi connectivity index (χ0) is 10.3. The summed E-state index contributed by atoms with van der Waals surface area (Å²) in [6, 6.07) is 2.41. The highest BCUT2D eigenvalue weighted by atomic mass is 79.9. The first-order chi connectivity index (χ1) is 6.48. The Balaban J connectivity index is 2.60. The van der Waals surface area contributed by atoms with E-state index in [4.69, 9.17) is 9.47 Å². The summed E-state index contributed by atoms with van der Waals surface area (Å²) >= 11 is 2.97. The van der Waals surface area contributed by atoms with E-state index in [1.165, 1.54) is 6.07 Å². The highest BCUT2D eigenvalue weighted by molar-refractivity contribution is 9.10. The Kier molecular flexibility index (Phi) is 2.10. The maximum absolute atomic E-state index is 12.5. The summed E-state index contributed by atoms with van der Waals surface area (Å²) in [5.41, 5.74) is -0.820. The van der Waals surface area contributed by atoms with E-state index in [-0.39, 0.29) is 18.3 Å². The summed E-state index contributed by atoms with van der Waals surface area (Å²) in [4.78, 5) is 0. The van der Waals surface area contributed by atoms with Crippen LogP contribution in [0.4, 0.5) is 13.2 Å². The van der Waals surface area contributed by atoms with E-state index in [1.54, 1.807) is 0 Å². The Morgan fingerprint density at radius 2 is 1.93 bits per heavy atom. The van der Waals surface area contributed by atoms with Crippen LogP contribution in [0.2, 0.25) is 0 Å². The molecule has 1 aromatic rings. The lowest BCUT2D eigenvalue weighted by Crippen LogP contribution is -2.06. The van der Waals surface area contributed by atoms with Crippen molar-refractivity contribution >= 4 is 15.9 Å². The van der Waals surface area contributed by atoms with Gasteiger partial charge in [0.25, 0.3) is 0 Å². The fourth-order valence-electron chi connectivity index (χ4n) is 1.19. The van der Waals surface area contributed by atoms with Crippen LogP contribution >= 0.6 is 15.9 Å². The molecule has 0 saturated carbocycles. The van der Waals surface area contributed by atoms with Crippen molar-refractivity contribution in [2.45, 2.75) is 6.18 Å². The van der Waals surface area contributed by atoms with Crippen LogP contribution < -0.4 is 9.47 Å². The third-order valence-electron chi connectivity index (χ3n) is 1.74. The fraction of sp³-hybridized carbons (Fsp3) is 0.250. The van der Waals surface area contributed by atoms with Crippen molar-refractivity contribution in [2.75, 3.05) is 6.79 Å². The lowest BCUT2D eigenvalue weighted by atomic mass is 10.2. The van der Waals surface area contributed by atoms with Crippen molar-refractivity contribution in [3.8, 4) is 11.5 Å². The Labute approximate surface area is 85.7 Å². The van der Waals surface area contributed by atoms with Crippen molar-refractivity contribution in [1.82, 2.24) is 0 Å². The molecule has 0 aliphatic carbocycles. The third-order valence-corrected chi connectivity index (χ3v) is 2.20. The second-order valence-electron chi connectivity index (χ2n) is 2.68. The smallest absolute Gasteiger partial charge is 0.420 e. The van der Waals surface area contributed by atoms with E-state index in [0.717, 1.165) is 6.07 Å². The average Bonchev–Trinajstić information content (AvgIpc) is 2.47. The van der Waals surface area contributed by atoms with Crippen LogP contribution in [0.1, 0.15) is 5.56 Å². The minimum absolute atomic E-state index is 0.117. The molecule has 1 aromatic carbocycles. The summed E-state index contributed by atoms with van der Waals surface area (Å²) in [7, 11) is 0. The molecule has 1 heterocycles. The van der Waals surface area contributed by atoms with Crippen LogP contribution in [-0.2, 0) is 6.18 Å². The zero-order valence-electron chi connectivity index (χ0n) is 6.69. The van der Waals surface area contributed by atoms with Crippen molar-refractivity contribution < 1.29 is 22.6 Å². The molecule has 1 aliphatic heterocycles. The predicted octanol–water partition coefficient (Wildman–Crippen LogP) is 3.20. The van der Waals surface area contributed by atoms with Gasteiger partial charge in [-0.05, 0) is 12.1 Å². The molecule has 0 saturated heterocycles. The Hall–Kier alpha value is -0.910. The minimum Gasteiger partial charge on any atom is -0.454 e. The van der Waals surface area contributed by atoms with Gasteiger partial charge in [-0.1, -0.05) is 15.9 Å². The molecule has 14 heavy (non-hydrogen) atoms. The molecule has 0 radical (unpaired) electrons. The molecule has 6 heteroatoms. The van der Waals surface area contributed by atoms with Crippen LogP contribution in [0.5, 0.6) is 11.5 Å². The van der Waals surface area contributed by atoms with Gasteiger partial charge in [0.2, 0.25) is 6.79 Å². The van der Waals surface area contributed by atoms with E-state index in [1.807, 2.05) is 0 Å². The maximum atomic E-state index is 12.5. The van der Waals surface area contributed by atoms with Crippen molar-refractivity contribution in [3.05, 3.63) is 22.2 Å². The van der Waals surface area contributed by atoms with E-state index >= 15 is 0 Å². The standard InChI is InChI=1S/C8H4BrF3O2/c9-4-1-5(8(10,11)12)7-6(2-4)13-3-14-7/h1-2H,3H2. The van der Waals surface area contributed by atoms with E-state index < -0.39 is 11.7 Å². The molecule has 2 nitrogen and oxygen atoms in total. The molecule has 0 atom stereocenters. The minimum atomic E-state index is -4.43. The number of ether oxygens (including phenoxy) is 2. The molecule has 0 fully saturated rings. The van der Waals surface area contributed by atoms with Gasteiger partial charge in [-0.3, -0.25) is 0 Å². The second-order valence-corrected chi connectivity index (χ2v) is 3.60. The molecule has 0 unspecified atom stereocenters. The molecule has 0 bridgehead atoms. The Bertz CT molecular complexity index is 376. The molecule has 1 aliphatic rings. The van der Waals surface area contributed by atoms with E-state index in [2.05, 4.69) is 15.9 Å². The molecule has 2 rings (SSSR count). The fourth-order valence-corrected chi connectivity index (χ4v) is 1.62. The van der Waals surface area contributed by atoms with Gasteiger partial charge in [0.05, 0.1) is 0 Å². The molecular weight excluding hydrogens is 265 g/mol. The largest absolute Gasteiger partial charge is 0.454 e.